The Labute approximate surface area is 239 Å². The first-order valence-electron chi connectivity index (χ1n) is 12.8. The summed E-state index contributed by atoms with van der Waals surface area (Å²) in [6.07, 6.45) is 5.64. The fourth-order valence-electron chi connectivity index (χ4n) is 4.19. The van der Waals surface area contributed by atoms with E-state index in [1.165, 1.54) is 0 Å². The van der Waals surface area contributed by atoms with Crippen LogP contribution in [0.2, 0.25) is 36.3 Å². The van der Waals surface area contributed by atoms with Crippen LogP contribution >= 0.6 is 31.9 Å². The predicted molar refractivity (Wildman–Crippen MR) is 167 cm³/mol. The van der Waals surface area contributed by atoms with Gasteiger partial charge in [-0.3, -0.25) is 0 Å². The third-order valence-electron chi connectivity index (χ3n) is 8.16. The van der Waals surface area contributed by atoms with Crippen LogP contribution < -0.4 is 0 Å². The van der Waals surface area contributed by atoms with Gasteiger partial charge >= 0.3 is 0 Å². The second kappa shape index (κ2) is 11.3. The van der Waals surface area contributed by atoms with Gasteiger partial charge in [-0.2, -0.15) is 5.26 Å². The smallest absolute Gasteiger partial charge is 0.193 e. The monoisotopic (exact) mass is 653 g/mol. The van der Waals surface area contributed by atoms with Crippen molar-refractivity contribution in [1.29, 1.82) is 5.26 Å². The highest BCUT2D eigenvalue weighted by Gasteiger charge is 2.53. The molecule has 0 saturated carbocycles. The predicted octanol–water partition coefficient (Wildman–Crippen LogP) is 9.62. The lowest BCUT2D eigenvalue weighted by molar-refractivity contribution is -0.00895. The summed E-state index contributed by atoms with van der Waals surface area (Å²) in [6.45, 7) is 22.9. The maximum Gasteiger partial charge on any atom is 0.193 e. The van der Waals surface area contributed by atoms with E-state index in [0.717, 1.165) is 17.6 Å². The first-order chi connectivity index (χ1) is 16.3. The first-order valence-corrected chi connectivity index (χ1v) is 20.8. The van der Waals surface area contributed by atoms with Crippen LogP contribution in [0.3, 0.4) is 0 Å². The van der Waals surface area contributed by atoms with E-state index >= 15 is 0 Å². The summed E-state index contributed by atoms with van der Waals surface area (Å²) in [5.74, 6) is 0. The lowest BCUT2D eigenvalue weighted by Gasteiger charge is -2.53. The van der Waals surface area contributed by atoms with E-state index in [-0.39, 0.29) is 10.1 Å². The van der Waals surface area contributed by atoms with Crippen LogP contribution in [-0.2, 0) is 8.85 Å². The van der Waals surface area contributed by atoms with Gasteiger partial charge in [0.25, 0.3) is 0 Å². The molecule has 0 aliphatic heterocycles. The molecule has 0 amide bonds. The molecule has 200 valence electrons. The fraction of sp³-hybridized carbons (Fsp3) is 0.621. The summed E-state index contributed by atoms with van der Waals surface area (Å²) < 4.78 is 14.4. The van der Waals surface area contributed by atoms with Crippen LogP contribution in [0.5, 0.6) is 0 Å². The summed E-state index contributed by atoms with van der Waals surface area (Å²) in [5.41, 5.74) is 1.65. The van der Waals surface area contributed by atoms with Gasteiger partial charge in [0.1, 0.15) is 0 Å². The molecule has 0 aromatic heterocycles. The number of rotatable bonds is 8. The van der Waals surface area contributed by atoms with E-state index in [0.29, 0.717) is 22.7 Å². The first kappa shape index (κ1) is 31.7. The quantitative estimate of drug-likeness (QED) is 0.159. The van der Waals surface area contributed by atoms with Gasteiger partial charge in [-0.1, -0.05) is 104 Å². The second-order valence-corrected chi connectivity index (χ2v) is 23.9. The molecule has 0 fully saturated rings. The maximum absolute atomic E-state index is 10.3. The van der Waals surface area contributed by atoms with Crippen molar-refractivity contribution < 1.29 is 8.85 Å². The summed E-state index contributed by atoms with van der Waals surface area (Å²) in [6, 6.07) is 12.6. The van der Waals surface area contributed by atoms with Crippen LogP contribution in [0, 0.1) is 11.3 Å². The van der Waals surface area contributed by atoms with Crippen molar-refractivity contribution in [2.45, 2.75) is 102 Å². The molecule has 36 heavy (non-hydrogen) atoms. The van der Waals surface area contributed by atoms with Gasteiger partial charge in [-0.25, -0.2) is 0 Å². The normalized spacial score (nSPS) is 24.3. The second-order valence-electron chi connectivity index (χ2n) is 13.3. The maximum atomic E-state index is 10.3. The highest BCUT2D eigenvalue weighted by Crippen LogP contribution is 2.50. The highest BCUT2D eigenvalue weighted by molar-refractivity contribution is 9.09. The Kier molecular flexibility index (Phi) is 9.97. The molecule has 3 nitrogen and oxygen atoms in total. The molecule has 1 aliphatic rings. The lowest BCUT2D eigenvalue weighted by atomic mass is 9.76. The van der Waals surface area contributed by atoms with Crippen LogP contribution in [-0.4, -0.2) is 38.5 Å². The minimum absolute atomic E-state index is 0.0584. The molecule has 1 aliphatic carbocycles. The van der Waals surface area contributed by atoms with Crippen molar-refractivity contribution >= 4 is 54.6 Å². The van der Waals surface area contributed by atoms with Crippen LogP contribution in [0.1, 0.15) is 59.9 Å². The molecule has 0 saturated heterocycles. The topological polar surface area (TPSA) is 42.2 Å². The van der Waals surface area contributed by atoms with Gasteiger partial charge in [0.15, 0.2) is 16.6 Å². The Morgan fingerprint density at radius 1 is 0.944 bits per heavy atom. The average molecular weight is 656 g/mol. The Hall–Kier alpha value is -0.496. The number of halogens is 2. The zero-order chi connectivity index (χ0) is 27.6. The molecule has 0 heterocycles. The number of nitrogens with zero attached hydrogens (tertiary/aromatic N) is 1. The van der Waals surface area contributed by atoms with Crippen molar-refractivity contribution in [3.8, 4) is 6.07 Å². The van der Waals surface area contributed by atoms with Gasteiger partial charge in [-0.05, 0) is 59.6 Å². The summed E-state index contributed by atoms with van der Waals surface area (Å²) in [5, 5.41) is 11.8. The van der Waals surface area contributed by atoms with Crippen molar-refractivity contribution in [3.05, 3.63) is 53.1 Å². The molecule has 1 aromatic carbocycles. The van der Waals surface area contributed by atoms with Gasteiger partial charge in [0.05, 0.1) is 22.8 Å². The van der Waals surface area contributed by atoms with Gasteiger partial charge in [0, 0.05) is 23.5 Å². The number of allylic oxidation sites excluding steroid dienone is 1. The molecular weight excluding hydrogens is 610 g/mol. The van der Waals surface area contributed by atoms with E-state index in [2.05, 4.69) is 112 Å². The molecule has 7 heteroatoms. The van der Waals surface area contributed by atoms with E-state index in [1.807, 2.05) is 36.4 Å². The minimum Gasteiger partial charge on any atom is -0.410 e. The molecule has 2 unspecified atom stereocenters. The summed E-state index contributed by atoms with van der Waals surface area (Å²) in [4.78, 5) is 0. The average Bonchev–Trinajstić information content (AvgIpc) is 2.75. The fourth-order valence-corrected chi connectivity index (χ4v) is 8.73. The number of hydrogen-bond acceptors (Lipinski definition) is 3. The van der Waals surface area contributed by atoms with E-state index in [1.54, 1.807) is 0 Å². The van der Waals surface area contributed by atoms with Crippen molar-refractivity contribution in [2.24, 2.45) is 0 Å². The van der Waals surface area contributed by atoms with Crippen LogP contribution in [0.25, 0.3) is 6.08 Å². The Balaban J connectivity index is 2.73. The van der Waals surface area contributed by atoms with Crippen molar-refractivity contribution in [1.82, 2.24) is 0 Å². The van der Waals surface area contributed by atoms with E-state index < -0.39 is 27.8 Å². The minimum atomic E-state index is -2.14. The Morgan fingerprint density at radius 2 is 1.47 bits per heavy atom. The SMILES string of the molecule is CC(C)(C)[Si](C)(C)OC1(CBr)C=C(C(C#N)=Cc2ccccc2)CC(CBr)(O[Si](C)(C)C(C)(C)C)C1. The van der Waals surface area contributed by atoms with Crippen LogP contribution in [0.15, 0.2) is 47.6 Å². The molecule has 0 bridgehead atoms. The standard InChI is InChI=1S/C29H45Br2NO2Si2/c1-26(2,3)35(7,8)33-28(21-30)17-25(24(19-32)16-23-14-12-11-13-15-23)18-29(20-28,22-31)34-36(9,10)27(4,5)6/h11-17H,18,20-22H2,1-10H3. The number of nitriles is 1. The molecular formula is C29H45Br2NO2Si2. The number of alkyl halides is 2. The zero-order valence-electron chi connectivity index (χ0n) is 23.9. The number of benzene rings is 1. The lowest BCUT2D eigenvalue weighted by Crippen LogP contribution is -2.59. The Morgan fingerprint density at radius 3 is 1.92 bits per heavy atom. The Bertz CT molecular complexity index is 1020. The van der Waals surface area contributed by atoms with E-state index in [4.69, 9.17) is 8.85 Å². The van der Waals surface area contributed by atoms with Crippen molar-refractivity contribution in [3.63, 3.8) is 0 Å². The molecule has 2 atom stereocenters. The van der Waals surface area contributed by atoms with Gasteiger partial charge < -0.3 is 8.85 Å². The van der Waals surface area contributed by atoms with Gasteiger partial charge in [0.2, 0.25) is 0 Å². The van der Waals surface area contributed by atoms with Gasteiger partial charge in [-0.15, -0.1) is 0 Å². The van der Waals surface area contributed by atoms with Crippen molar-refractivity contribution in [2.75, 3.05) is 10.7 Å². The zero-order valence-corrected chi connectivity index (χ0v) is 29.1. The third kappa shape index (κ3) is 7.33. The third-order valence-corrected chi connectivity index (χ3v) is 19.2. The summed E-state index contributed by atoms with van der Waals surface area (Å²) >= 11 is 7.70. The molecule has 1 aromatic rings. The van der Waals surface area contributed by atoms with E-state index in [9.17, 15) is 5.26 Å². The molecule has 0 N–H and O–H groups in total. The molecule has 0 radical (unpaired) electrons. The highest BCUT2D eigenvalue weighted by atomic mass is 79.9. The van der Waals surface area contributed by atoms with Crippen LogP contribution in [0.4, 0.5) is 0 Å². The molecule has 2 rings (SSSR count). The number of hydrogen-bond donors (Lipinski definition) is 0. The summed E-state index contributed by atoms with van der Waals surface area (Å²) in [7, 11) is -4.27. The molecule has 0 spiro atoms. The largest absolute Gasteiger partial charge is 0.410 e.